The van der Waals surface area contributed by atoms with Crippen molar-refractivity contribution in [2.45, 2.75) is 21.3 Å². The van der Waals surface area contributed by atoms with Gasteiger partial charge in [-0.2, -0.15) is 0 Å². The molecule has 31 heavy (non-hydrogen) atoms. The van der Waals surface area contributed by atoms with Crippen LogP contribution in [0.5, 0.6) is 0 Å². The Labute approximate surface area is 189 Å². The number of rotatable bonds is 7. The molecule has 4 rings (SSSR count). The Morgan fingerprint density at radius 2 is 1.68 bits per heavy atom. The van der Waals surface area contributed by atoms with Crippen LogP contribution in [-0.2, 0) is 14.8 Å². The predicted molar refractivity (Wildman–Crippen MR) is 129 cm³/mol. The average molecular weight is 469 g/mol. The largest absolute Gasteiger partial charge is 0.325 e. The lowest BCUT2D eigenvalue weighted by Crippen LogP contribution is -2.22. The molecule has 0 fully saturated rings. The zero-order valence-electron chi connectivity index (χ0n) is 16.6. The number of hydrogen-bond acceptors (Lipinski definition) is 5. The molecule has 3 aromatic carbocycles. The predicted octanol–water partition coefficient (Wildman–Crippen LogP) is 5.82. The van der Waals surface area contributed by atoms with Gasteiger partial charge in [0.1, 0.15) is 4.21 Å². The van der Waals surface area contributed by atoms with Crippen LogP contribution in [0.15, 0.2) is 93.3 Å². The molecule has 8 heteroatoms. The molecule has 4 aromatic rings. The average Bonchev–Trinajstić information content (AvgIpc) is 3.31. The highest BCUT2D eigenvalue weighted by atomic mass is 32.2. The molecule has 1 heterocycles. The number of carbonyl (C=O) groups is 1. The van der Waals surface area contributed by atoms with Crippen LogP contribution in [0.3, 0.4) is 0 Å². The molecular formula is C23H20N2O3S3. The van der Waals surface area contributed by atoms with Crippen molar-refractivity contribution in [3.63, 3.8) is 0 Å². The van der Waals surface area contributed by atoms with Gasteiger partial charge in [-0.3, -0.25) is 9.52 Å². The summed E-state index contributed by atoms with van der Waals surface area (Å²) >= 11 is 2.58. The fraction of sp³-hybridized carbons (Fsp3) is 0.0870. The topological polar surface area (TPSA) is 75.3 Å². The summed E-state index contributed by atoms with van der Waals surface area (Å²) in [6.07, 6.45) is 0. The second-order valence-corrected chi connectivity index (χ2v) is 11.1. The molecular weight excluding hydrogens is 448 g/mol. The minimum absolute atomic E-state index is 0.0937. The van der Waals surface area contributed by atoms with Crippen LogP contribution in [0, 0.1) is 0 Å². The van der Waals surface area contributed by atoms with E-state index in [1.165, 1.54) is 23.1 Å². The Bertz CT molecular complexity index is 1300. The summed E-state index contributed by atoms with van der Waals surface area (Å²) in [5.74, 6) is -0.0937. The molecule has 0 bridgehead atoms. The first kappa shape index (κ1) is 21.4. The number of sulfonamides is 1. The number of thioether (sulfide) groups is 1. The van der Waals surface area contributed by atoms with Gasteiger partial charge in [-0.15, -0.1) is 23.1 Å². The van der Waals surface area contributed by atoms with Crippen molar-refractivity contribution >= 4 is 61.2 Å². The number of anilines is 2. The van der Waals surface area contributed by atoms with Gasteiger partial charge < -0.3 is 5.32 Å². The summed E-state index contributed by atoms with van der Waals surface area (Å²) in [6, 6.07) is 24.0. The van der Waals surface area contributed by atoms with Gasteiger partial charge in [-0.05, 0) is 54.1 Å². The van der Waals surface area contributed by atoms with Crippen molar-refractivity contribution in [3.8, 4) is 0 Å². The Hall–Kier alpha value is -2.81. The molecule has 5 nitrogen and oxygen atoms in total. The normalized spacial score (nSPS) is 12.4. The van der Waals surface area contributed by atoms with Crippen molar-refractivity contribution in [1.29, 1.82) is 0 Å². The zero-order valence-corrected chi connectivity index (χ0v) is 19.1. The molecule has 0 radical (unpaired) electrons. The van der Waals surface area contributed by atoms with Gasteiger partial charge in [0.2, 0.25) is 5.91 Å². The smallest absolute Gasteiger partial charge is 0.271 e. The van der Waals surface area contributed by atoms with Crippen LogP contribution in [0.1, 0.15) is 6.92 Å². The number of thiophene rings is 1. The molecule has 1 amide bonds. The number of nitrogens with one attached hydrogen (secondary N) is 2. The van der Waals surface area contributed by atoms with Crippen molar-refractivity contribution < 1.29 is 13.2 Å². The van der Waals surface area contributed by atoms with Gasteiger partial charge in [0.05, 0.1) is 5.25 Å². The Balaban J connectivity index is 1.40. The fourth-order valence-corrected chi connectivity index (χ4v) is 5.97. The maximum absolute atomic E-state index is 12.7. The van der Waals surface area contributed by atoms with E-state index < -0.39 is 10.0 Å². The molecule has 0 aliphatic carbocycles. The van der Waals surface area contributed by atoms with Crippen LogP contribution in [-0.4, -0.2) is 19.6 Å². The van der Waals surface area contributed by atoms with Crippen LogP contribution in [0.25, 0.3) is 10.8 Å². The van der Waals surface area contributed by atoms with Crippen LogP contribution in [0.4, 0.5) is 11.4 Å². The molecule has 0 saturated carbocycles. The molecule has 0 aliphatic rings. The highest BCUT2D eigenvalue weighted by Gasteiger charge is 2.17. The maximum atomic E-state index is 12.7. The summed E-state index contributed by atoms with van der Waals surface area (Å²) in [5.41, 5.74) is 1.26. The van der Waals surface area contributed by atoms with E-state index in [9.17, 15) is 13.2 Å². The van der Waals surface area contributed by atoms with Gasteiger partial charge in [0.25, 0.3) is 10.0 Å². The number of fused-ring (bicyclic) bond motifs is 1. The van der Waals surface area contributed by atoms with E-state index in [0.717, 1.165) is 21.4 Å². The lowest BCUT2D eigenvalue weighted by atomic mass is 10.1. The zero-order chi connectivity index (χ0) is 21.8. The van der Waals surface area contributed by atoms with E-state index in [2.05, 4.69) is 10.0 Å². The summed E-state index contributed by atoms with van der Waals surface area (Å²) < 4.78 is 27.5. The first-order chi connectivity index (χ1) is 14.9. The third-order valence-corrected chi connectivity index (χ3v) is 8.49. The third kappa shape index (κ3) is 5.10. The van der Waals surface area contributed by atoms with Gasteiger partial charge in [0, 0.05) is 21.7 Å². The van der Waals surface area contributed by atoms with Crippen molar-refractivity contribution in [1.82, 2.24) is 0 Å². The van der Waals surface area contributed by atoms with E-state index >= 15 is 0 Å². The van der Waals surface area contributed by atoms with E-state index in [-0.39, 0.29) is 15.4 Å². The van der Waals surface area contributed by atoms with Crippen LogP contribution >= 0.6 is 23.1 Å². The quantitative estimate of drug-likeness (QED) is 0.335. The van der Waals surface area contributed by atoms with E-state index in [4.69, 9.17) is 0 Å². The van der Waals surface area contributed by atoms with Crippen molar-refractivity contribution in [2.24, 2.45) is 0 Å². The second kappa shape index (κ2) is 9.13. The summed E-state index contributed by atoms with van der Waals surface area (Å²) in [5, 5.41) is 6.48. The van der Waals surface area contributed by atoms with Crippen LogP contribution in [0.2, 0.25) is 0 Å². The van der Waals surface area contributed by atoms with E-state index in [1.807, 2.05) is 49.4 Å². The molecule has 1 aromatic heterocycles. The number of benzene rings is 3. The van der Waals surface area contributed by atoms with Gasteiger partial charge in [0.15, 0.2) is 0 Å². The lowest BCUT2D eigenvalue weighted by molar-refractivity contribution is -0.115. The van der Waals surface area contributed by atoms with E-state index in [0.29, 0.717) is 5.69 Å². The monoisotopic (exact) mass is 468 g/mol. The third-order valence-electron chi connectivity index (χ3n) is 4.60. The summed E-state index contributed by atoms with van der Waals surface area (Å²) in [4.78, 5) is 13.6. The minimum atomic E-state index is -3.57. The van der Waals surface area contributed by atoms with Crippen LogP contribution < -0.4 is 10.0 Å². The minimum Gasteiger partial charge on any atom is -0.325 e. The summed E-state index contributed by atoms with van der Waals surface area (Å²) in [7, 11) is -3.57. The first-order valence-electron chi connectivity index (χ1n) is 9.54. The maximum Gasteiger partial charge on any atom is 0.271 e. The number of hydrogen-bond donors (Lipinski definition) is 2. The highest BCUT2D eigenvalue weighted by molar-refractivity contribution is 8.00. The molecule has 1 unspecified atom stereocenters. The van der Waals surface area contributed by atoms with E-state index in [1.54, 1.807) is 41.8 Å². The molecule has 0 saturated heterocycles. The Morgan fingerprint density at radius 1 is 0.935 bits per heavy atom. The Kier molecular flexibility index (Phi) is 6.31. The molecule has 0 aliphatic heterocycles. The second-order valence-electron chi connectivity index (χ2n) is 6.84. The number of amides is 1. The lowest BCUT2D eigenvalue weighted by Gasteiger charge is -2.14. The first-order valence-corrected chi connectivity index (χ1v) is 12.8. The van der Waals surface area contributed by atoms with Gasteiger partial charge in [-0.1, -0.05) is 42.5 Å². The van der Waals surface area contributed by atoms with Crippen molar-refractivity contribution in [3.05, 3.63) is 84.2 Å². The molecule has 1 atom stereocenters. The molecule has 2 N–H and O–H groups in total. The Morgan fingerprint density at radius 3 is 2.42 bits per heavy atom. The van der Waals surface area contributed by atoms with Crippen molar-refractivity contribution in [2.75, 3.05) is 10.0 Å². The highest BCUT2D eigenvalue weighted by Crippen LogP contribution is 2.28. The number of carbonyl (C=O) groups excluding carboxylic acids is 1. The van der Waals surface area contributed by atoms with Gasteiger partial charge in [-0.25, -0.2) is 8.42 Å². The SMILES string of the molecule is CC(Sc1ccc(NS(=O)(=O)c2cccs2)cc1)C(=O)Nc1cccc2ccccc12. The summed E-state index contributed by atoms with van der Waals surface area (Å²) in [6.45, 7) is 1.85. The standard InChI is InChI=1S/C23H20N2O3S3/c1-16(23(26)24-21-9-4-7-17-6-2-3-8-20(17)21)30-19-13-11-18(12-14-19)25-31(27,28)22-10-5-15-29-22/h2-16,25H,1H3,(H,24,26). The fourth-order valence-electron chi connectivity index (χ4n) is 3.05. The molecule has 0 spiro atoms. The molecule has 158 valence electrons. The van der Waals surface area contributed by atoms with Gasteiger partial charge >= 0.3 is 0 Å².